The second-order valence-electron chi connectivity index (χ2n) is 5.76. The maximum atomic E-state index is 13.1. The standard InChI is InChI=1S/C19H18FN3O3S/c20-13-6-8-15(9-7-13)23-17(25)12-16(18(23)26)27-19(21-10-11-24)22-14-4-2-1-3-5-14/h1-9,16,24H,10-12H2,(H,21,22)/t16-/m1/s1. The van der Waals surface area contributed by atoms with Crippen LogP contribution in [0.1, 0.15) is 6.42 Å². The molecule has 0 unspecified atom stereocenters. The summed E-state index contributed by atoms with van der Waals surface area (Å²) in [6.45, 7) is 0.0540. The highest BCUT2D eigenvalue weighted by atomic mass is 32.2. The number of amides is 2. The Morgan fingerprint density at radius 3 is 2.56 bits per heavy atom. The number of carbonyl (C=O) groups is 2. The van der Waals surface area contributed by atoms with E-state index in [-0.39, 0.29) is 31.4 Å². The van der Waals surface area contributed by atoms with E-state index in [1.807, 2.05) is 30.3 Å². The quantitative estimate of drug-likeness (QED) is 0.468. The van der Waals surface area contributed by atoms with Crippen molar-refractivity contribution in [2.45, 2.75) is 11.7 Å². The first-order valence-electron chi connectivity index (χ1n) is 8.35. The molecule has 0 aliphatic carbocycles. The van der Waals surface area contributed by atoms with Crippen molar-refractivity contribution in [1.29, 1.82) is 0 Å². The van der Waals surface area contributed by atoms with E-state index >= 15 is 0 Å². The van der Waals surface area contributed by atoms with Gasteiger partial charge in [0, 0.05) is 12.1 Å². The Hall–Kier alpha value is -2.71. The van der Waals surface area contributed by atoms with E-state index in [4.69, 9.17) is 5.11 Å². The smallest absolute Gasteiger partial charge is 0.247 e. The maximum Gasteiger partial charge on any atom is 0.247 e. The van der Waals surface area contributed by atoms with Crippen LogP contribution in [-0.2, 0) is 9.59 Å². The molecule has 0 spiro atoms. The number of benzene rings is 2. The largest absolute Gasteiger partial charge is 0.394 e. The van der Waals surface area contributed by atoms with Crippen LogP contribution in [-0.4, -0.2) is 40.5 Å². The number of halogens is 1. The van der Waals surface area contributed by atoms with E-state index < -0.39 is 11.1 Å². The van der Waals surface area contributed by atoms with Gasteiger partial charge in [-0.05, 0) is 36.4 Å². The van der Waals surface area contributed by atoms with Gasteiger partial charge < -0.3 is 10.4 Å². The number of imide groups is 1. The van der Waals surface area contributed by atoms with E-state index in [2.05, 4.69) is 10.3 Å². The fraction of sp³-hybridized carbons (Fsp3) is 0.211. The number of aliphatic hydroxyl groups excluding tert-OH is 1. The highest BCUT2D eigenvalue weighted by Gasteiger charge is 2.40. The van der Waals surface area contributed by atoms with Crippen LogP contribution in [0, 0.1) is 5.82 Å². The second-order valence-corrected chi connectivity index (χ2v) is 6.95. The molecule has 0 radical (unpaired) electrons. The summed E-state index contributed by atoms with van der Waals surface area (Å²) < 4.78 is 13.1. The zero-order valence-electron chi connectivity index (χ0n) is 14.3. The number of anilines is 2. The number of hydrogen-bond acceptors (Lipinski definition) is 5. The SMILES string of the molecule is O=C1C[C@@H](SC(=NCCO)Nc2ccccc2)C(=O)N1c1ccc(F)cc1. The number of nitrogens with one attached hydrogen (secondary N) is 1. The van der Waals surface area contributed by atoms with Gasteiger partial charge in [0.05, 0.1) is 18.8 Å². The number of aliphatic hydroxyl groups is 1. The third kappa shape index (κ3) is 4.72. The van der Waals surface area contributed by atoms with Crippen LogP contribution in [0.3, 0.4) is 0 Å². The van der Waals surface area contributed by atoms with Gasteiger partial charge in [0.1, 0.15) is 11.1 Å². The summed E-state index contributed by atoms with van der Waals surface area (Å²) in [5.41, 5.74) is 1.13. The van der Waals surface area contributed by atoms with Gasteiger partial charge >= 0.3 is 0 Å². The van der Waals surface area contributed by atoms with Gasteiger partial charge in [-0.25, -0.2) is 9.29 Å². The number of para-hydroxylation sites is 1. The minimum absolute atomic E-state index is 0.0233. The average Bonchev–Trinajstić information content (AvgIpc) is 2.95. The van der Waals surface area contributed by atoms with Crippen LogP contribution in [0.5, 0.6) is 0 Å². The molecular weight excluding hydrogens is 369 g/mol. The fourth-order valence-electron chi connectivity index (χ4n) is 2.60. The molecule has 1 heterocycles. The predicted molar refractivity (Wildman–Crippen MR) is 104 cm³/mol. The molecule has 2 N–H and O–H groups in total. The summed E-state index contributed by atoms with van der Waals surface area (Å²) in [6, 6.07) is 14.5. The minimum atomic E-state index is -0.642. The molecule has 0 aromatic heterocycles. The molecule has 1 fully saturated rings. The molecule has 140 valence electrons. The molecule has 1 aliphatic rings. The Morgan fingerprint density at radius 1 is 1.19 bits per heavy atom. The summed E-state index contributed by atoms with van der Waals surface area (Å²) in [7, 11) is 0. The molecule has 2 aromatic carbocycles. The second kappa shape index (κ2) is 8.79. The fourth-order valence-corrected chi connectivity index (χ4v) is 3.64. The van der Waals surface area contributed by atoms with E-state index in [1.165, 1.54) is 24.3 Å². The van der Waals surface area contributed by atoms with Gasteiger partial charge in [-0.2, -0.15) is 0 Å². The average molecular weight is 387 g/mol. The zero-order chi connectivity index (χ0) is 19.2. The van der Waals surface area contributed by atoms with Crippen LogP contribution in [0.4, 0.5) is 15.8 Å². The number of carbonyl (C=O) groups excluding carboxylic acids is 2. The Morgan fingerprint density at radius 2 is 1.89 bits per heavy atom. The highest BCUT2D eigenvalue weighted by Crippen LogP contribution is 2.30. The van der Waals surface area contributed by atoms with Crippen LogP contribution < -0.4 is 10.2 Å². The normalized spacial score (nSPS) is 17.5. The third-order valence-corrected chi connectivity index (χ3v) is 4.93. The third-order valence-electron chi connectivity index (χ3n) is 3.82. The maximum absolute atomic E-state index is 13.1. The van der Waals surface area contributed by atoms with Crippen molar-refractivity contribution in [1.82, 2.24) is 0 Å². The molecule has 2 aromatic rings. The lowest BCUT2D eigenvalue weighted by Gasteiger charge is -2.16. The van der Waals surface area contributed by atoms with Crippen molar-refractivity contribution < 1.29 is 19.1 Å². The topological polar surface area (TPSA) is 82.0 Å². The zero-order valence-corrected chi connectivity index (χ0v) is 15.2. The lowest BCUT2D eigenvalue weighted by atomic mass is 10.3. The van der Waals surface area contributed by atoms with Crippen LogP contribution >= 0.6 is 11.8 Å². The Kier molecular flexibility index (Phi) is 6.20. The van der Waals surface area contributed by atoms with E-state index in [1.54, 1.807) is 0 Å². The van der Waals surface area contributed by atoms with E-state index in [0.717, 1.165) is 22.3 Å². The number of aliphatic imine (C=N–C) groups is 1. The summed E-state index contributed by atoms with van der Waals surface area (Å²) in [4.78, 5) is 30.4. The van der Waals surface area contributed by atoms with Gasteiger partial charge in [0.15, 0.2) is 5.17 Å². The molecule has 1 atom stereocenters. The monoisotopic (exact) mass is 387 g/mol. The first-order chi connectivity index (χ1) is 13.1. The Labute approximate surface area is 160 Å². The number of rotatable bonds is 5. The van der Waals surface area contributed by atoms with Gasteiger partial charge in [0.25, 0.3) is 0 Å². The van der Waals surface area contributed by atoms with Crippen molar-refractivity contribution in [2.75, 3.05) is 23.4 Å². The molecule has 6 nitrogen and oxygen atoms in total. The number of hydrogen-bond donors (Lipinski definition) is 2. The van der Waals surface area contributed by atoms with Gasteiger partial charge in [-0.15, -0.1) is 0 Å². The van der Waals surface area contributed by atoms with Crippen molar-refractivity contribution in [2.24, 2.45) is 4.99 Å². The first kappa shape index (κ1) is 19.1. The van der Waals surface area contributed by atoms with Gasteiger partial charge in [0.2, 0.25) is 11.8 Å². The molecule has 1 aliphatic heterocycles. The highest BCUT2D eigenvalue weighted by molar-refractivity contribution is 8.15. The molecule has 0 bridgehead atoms. The lowest BCUT2D eigenvalue weighted by molar-refractivity contribution is -0.121. The van der Waals surface area contributed by atoms with Gasteiger partial charge in [-0.3, -0.25) is 14.6 Å². The minimum Gasteiger partial charge on any atom is -0.394 e. The van der Waals surface area contributed by atoms with E-state index in [0.29, 0.717) is 10.9 Å². The molecule has 2 amide bonds. The lowest BCUT2D eigenvalue weighted by Crippen LogP contribution is -2.31. The van der Waals surface area contributed by atoms with Crippen LogP contribution in [0.25, 0.3) is 0 Å². The molecular formula is C19H18FN3O3S. The van der Waals surface area contributed by atoms with Crippen LogP contribution in [0.15, 0.2) is 59.6 Å². The summed E-state index contributed by atoms with van der Waals surface area (Å²) in [5, 5.41) is 12.0. The van der Waals surface area contributed by atoms with Crippen molar-refractivity contribution in [3.05, 3.63) is 60.4 Å². The van der Waals surface area contributed by atoms with Crippen LogP contribution in [0.2, 0.25) is 0 Å². The number of amidine groups is 1. The molecule has 3 rings (SSSR count). The summed E-state index contributed by atoms with van der Waals surface area (Å²) in [5.74, 6) is -1.15. The summed E-state index contributed by atoms with van der Waals surface area (Å²) >= 11 is 1.14. The number of nitrogens with zero attached hydrogens (tertiary/aromatic N) is 2. The summed E-state index contributed by atoms with van der Waals surface area (Å²) in [6.07, 6.45) is 0.0233. The first-order valence-corrected chi connectivity index (χ1v) is 9.23. The molecule has 27 heavy (non-hydrogen) atoms. The number of thioether (sulfide) groups is 1. The van der Waals surface area contributed by atoms with Crippen molar-refractivity contribution >= 4 is 40.1 Å². The Bertz CT molecular complexity index is 843. The molecule has 8 heteroatoms. The molecule has 1 saturated heterocycles. The van der Waals surface area contributed by atoms with E-state index in [9.17, 15) is 14.0 Å². The van der Waals surface area contributed by atoms with Gasteiger partial charge in [-0.1, -0.05) is 30.0 Å². The Balaban J connectivity index is 1.75. The molecule has 0 saturated carbocycles. The van der Waals surface area contributed by atoms with Crippen molar-refractivity contribution in [3.8, 4) is 0 Å². The predicted octanol–water partition coefficient (Wildman–Crippen LogP) is 2.65. The van der Waals surface area contributed by atoms with Crippen molar-refractivity contribution in [3.63, 3.8) is 0 Å².